The number of rotatable bonds is 4. The smallest absolute Gasteiger partial charge is 0.257 e. The normalized spacial score (nSPS) is 15.4. The van der Waals surface area contributed by atoms with E-state index >= 15 is 0 Å². The van der Waals surface area contributed by atoms with Crippen molar-refractivity contribution in [3.8, 4) is 11.3 Å². The minimum Gasteiger partial charge on any atom is -0.309 e. The molecule has 0 aliphatic carbocycles. The number of fused-ring (bicyclic) bond motifs is 1. The third-order valence-electron chi connectivity index (χ3n) is 4.83. The molecule has 2 amide bonds. The van der Waals surface area contributed by atoms with Crippen LogP contribution in [0.1, 0.15) is 36.2 Å². The maximum Gasteiger partial charge on any atom is 0.257 e. The van der Waals surface area contributed by atoms with Crippen LogP contribution in [0.3, 0.4) is 0 Å². The monoisotopic (exact) mass is 392 g/mol. The van der Waals surface area contributed by atoms with E-state index in [2.05, 4.69) is 28.3 Å². The van der Waals surface area contributed by atoms with Crippen LogP contribution in [0.25, 0.3) is 11.3 Å². The molecule has 1 aliphatic heterocycles. The number of carbonyl (C=O) groups is 2. The van der Waals surface area contributed by atoms with Crippen LogP contribution in [0, 0.1) is 0 Å². The molecule has 1 aromatic carbocycles. The van der Waals surface area contributed by atoms with Crippen LogP contribution in [0.2, 0.25) is 0 Å². The molecule has 28 heavy (non-hydrogen) atoms. The number of hydrogen-bond acceptors (Lipinski definition) is 5. The molecule has 2 aromatic heterocycles. The lowest BCUT2D eigenvalue weighted by molar-refractivity contribution is -0.118. The van der Waals surface area contributed by atoms with E-state index in [-0.39, 0.29) is 17.9 Å². The predicted molar refractivity (Wildman–Crippen MR) is 111 cm³/mol. The number of nitrogens with zero attached hydrogens (tertiary/aromatic N) is 3. The molecular weight excluding hydrogens is 372 g/mol. The van der Waals surface area contributed by atoms with Crippen LogP contribution in [-0.4, -0.2) is 27.8 Å². The van der Waals surface area contributed by atoms with Gasteiger partial charge in [-0.1, -0.05) is 13.0 Å². The summed E-state index contributed by atoms with van der Waals surface area (Å²) in [6.07, 6.45) is 4.50. The molecule has 1 atom stereocenters. The molecule has 0 unspecified atom stereocenters. The van der Waals surface area contributed by atoms with E-state index in [1.54, 1.807) is 24.5 Å². The summed E-state index contributed by atoms with van der Waals surface area (Å²) in [4.78, 5) is 34.9. The molecule has 1 aliphatic rings. The minimum atomic E-state index is -0.209. The summed E-state index contributed by atoms with van der Waals surface area (Å²) in [6.45, 7) is 3.96. The number of hydrogen-bond donors (Lipinski definition) is 1. The number of thiazole rings is 1. The molecule has 3 heterocycles. The Morgan fingerprint density at radius 2 is 2.04 bits per heavy atom. The van der Waals surface area contributed by atoms with Crippen molar-refractivity contribution >= 4 is 34.0 Å². The van der Waals surface area contributed by atoms with E-state index < -0.39 is 0 Å². The molecule has 6 nitrogen and oxygen atoms in total. The summed E-state index contributed by atoms with van der Waals surface area (Å²) in [7, 11) is 0. The highest BCUT2D eigenvalue weighted by Crippen LogP contribution is 2.36. The van der Waals surface area contributed by atoms with Gasteiger partial charge in [-0.3, -0.25) is 19.9 Å². The second kappa shape index (κ2) is 7.52. The molecule has 1 N–H and O–H groups in total. The van der Waals surface area contributed by atoms with Crippen molar-refractivity contribution in [1.29, 1.82) is 0 Å². The summed E-state index contributed by atoms with van der Waals surface area (Å²) in [5.74, 6) is -0.0615. The molecule has 0 radical (unpaired) electrons. The largest absolute Gasteiger partial charge is 0.309 e. The number of anilines is 2. The Hall–Kier alpha value is -3.06. The van der Waals surface area contributed by atoms with Crippen LogP contribution in [-0.2, 0) is 11.2 Å². The van der Waals surface area contributed by atoms with Gasteiger partial charge in [0.25, 0.3) is 5.91 Å². The molecule has 0 spiro atoms. The van der Waals surface area contributed by atoms with E-state index in [9.17, 15) is 9.59 Å². The third-order valence-corrected chi connectivity index (χ3v) is 5.59. The second-order valence-electron chi connectivity index (χ2n) is 6.74. The molecule has 0 saturated heterocycles. The van der Waals surface area contributed by atoms with Crippen LogP contribution in [0.5, 0.6) is 0 Å². The predicted octanol–water partition coefficient (Wildman–Crippen LogP) is 4.15. The quantitative estimate of drug-likeness (QED) is 0.724. The van der Waals surface area contributed by atoms with Gasteiger partial charge in [-0.25, -0.2) is 4.98 Å². The summed E-state index contributed by atoms with van der Waals surface area (Å²) in [5.41, 5.74) is 4.48. The fraction of sp³-hybridized carbons (Fsp3) is 0.238. The van der Waals surface area contributed by atoms with Gasteiger partial charge in [0.2, 0.25) is 5.91 Å². The van der Waals surface area contributed by atoms with Gasteiger partial charge in [0.15, 0.2) is 5.13 Å². The van der Waals surface area contributed by atoms with Gasteiger partial charge >= 0.3 is 0 Å². The van der Waals surface area contributed by atoms with Crippen LogP contribution < -0.4 is 10.2 Å². The zero-order valence-corrected chi connectivity index (χ0v) is 16.5. The first-order valence-electron chi connectivity index (χ1n) is 9.19. The van der Waals surface area contributed by atoms with Crippen molar-refractivity contribution in [1.82, 2.24) is 9.97 Å². The van der Waals surface area contributed by atoms with Crippen molar-refractivity contribution in [3.05, 3.63) is 59.2 Å². The van der Waals surface area contributed by atoms with Gasteiger partial charge in [-0.2, -0.15) is 0 Å². The SMILES string of the molecule is CCC(=O)N1c2ccc(-c3csc(NC(=O)c4ccncc4)n3)cc2C[C@H]1C. The number of aromatic nitrogens is 2. The fourth-order valence-corrected chi connectivity index (χ4v) is 4.19. The summed E-state index contributed by atoms with van der Waals surface area (Å²) >= 11 is 1.39. The molecule has 7 heteroatoms. The Morgan fingerprint density at radius 3 is 2.79 bits per heavy atom. The van der Waals surface area contributed by atoms with E-state index in [4.69, 9.17) is 0 Å². The molecule has 4 rings (SSSR count). The topological polar surface area (TPSA) is 75.2 Å². The van der Waals surface area contributed by atoms with Crippen LogP contribution in [0.4, 0.5) is 10.8 Å². The fourth-order valence-electron chi connectivity index (χ4n) is 3.48. The lowest BCUT2D eigenvalue weighted by Gasteiger charge is -2.22. The number of nitrogens with one attached hydrogen (secondary N) is 1. The van der Waals surface area contributed by atoms with Gasteiger partial charge < -0.3 is 4.90 Å². The zero-order chi connectivity index (χ0) is 19.7. The van der Waals surface area contributed by atoms with Gasteiger partial charge in [-0.15, -0.1) is 11.3 Å². The lowest BCUT2D eigenvalue weighted by atomic mass is 10.1. The lowest BCUT2D eigenvalue weighted by Crippen LogP contribution is -2.35. The molecule has 0 fully saturated rings. The first-order chi connectivity index (χ1) is 13.6. The Bertz CT molecular complexity index is 1030. The minimum absolute atomic E-state index is 0.147. The average Bonchev–Trinajstić information content (AvgIpc) is 3.31. The molecule has 3 aromatic rings. The Labute approximate surface area is 167 Å². The third kappa shape index (κ3) is 3.41. The van der Waals surface area contributed by atoms with E-state index in [1.165, 1.54) is 11.3 Å². The van der Waals surface area contributed by atoms with Crippen LogP contribution >= 0.6 is 11.3 Å². The zero-order valence-electron chi connectivity index (χ0n) is 15.7. The van der Waals surface area contributed by atoms with Crippen LogP contribution in [0.15, 0.2) is 48.1 Å². The second-order valence-corrected chi connectivity index (χ2v) is 7.60. The molecule has 0 saturated carbocycles. The van der Waals surface area contributed by atoms with Gasteiger partial charge in [0.1, 0.15) is 0 Å². The van der Waals surface area contributed by atoms with Crippen molar-refractivity contribution in [2.45, 2.75) is 32.7 Å². The maximum absolute atomic E-state index is 12.3. The molecule has 0 bridgehead atoms. The molecular formula is C21H20N4O2S. The number of carbonyl (C=O) groups excluding carboxylic acids is 2. The summed E-state index contributed by atoms with van der Waals surface area (Å²) < 4.78 is 0. The van der Waals surface area contributed by atoms with Gasteiger partial charge in [-0.05, 0) is 43.2 Å². The highest BCUT2D eigenvalue weighted by Gasteiger charge is 2.30. The maximum atomic E-state index is 12.3. The average molecular weight is 392 g/mol. The van der Waals surface area contributed by atoms with E-state index in [0.29, 0.717) is 17.1 Å². The van der Waals surface area contributed by atoms with Crippen molar-refractivity contribution < 1.29 is 9.59 Å². The Balaban J connectivity index is 1.54. The van der Waals surface area contributed by atoms with Gasteiger partial charge in [0.05, 0.1) is 5.69 Å². The van der Waals surface area contributed by atoms with E-state index in [1.807, 2.05) is 29.3 Å². The number of benzene rings is 1. The van der Waals surface area contributed by atoms with Crippen molar-refractivity contribution in [3.63, 3.8) is 0 Å². The highest BCUT2D eigenvalue weighted by atomic mass is 32.1. The first kappa shape index (κ1) is 18.3. The summed E-state index contributed by atoms with van der Waals surface area (Å²) in [5, 5.41) is 5.30. The first-order valence-corrected chi connectivity index (χ1v) is 10.1. The molecule has 142 valence electrons. The van der Waals surface area contributed by atoms with Crippen molar-refractivity contribution in [2.24, 2.45) is 0 Å². The standard InChI is InChI=1S/C21H20N4O2S/c1-3-19(26)25-13(2)10-16-11-15(4-5-18(16)25)17-12-28-21(23-17)24-20(27)14-6-8-22-9-7-14/h4-9,11-13H,3,10H2,1-2H3,(H,23,24,27)/t13-/m1/s1. The van der Waals surface area contributed by atoms with E-state index in [0.717, 1.165) is 28.9 Å². The number of pyridine rings is 1. The Morgan fingerprint density at radius 1 is 1.25 bits per heavy atom. The van der Waals surface area contributed by atoms with Gasteiger partial charge in [0, 0.05) is 47.1 Å². The number of amides is 2. The summed E-state index contributed by atoms with van der Waals surface area (Å²) in [6, 6.07) is 9.57. The Kier molecular flexibility index (Phi) is 4.92. The highest BCUT2D eigenvalue weighted by molar-refractivity contribution is 7.14. The van der Waals surface area contributed by atoms with Crippen molar-refractivity contribution in [2.75, 3.05) is 10.2 Å².